The fourth-order valence-corrected chi connectivity index (χ4v) is 3.57. The molecule has 0 amide bonds. The molecule has 0 saturated heterocycles. The summed E-state index contributed by atoms with van der Waals surface area (Å²) in [7, 11) is 0. The molecule has 1 saturated carbocycles. The number of nitrogens with zero attached hydrogens (tertiary/aromatic N) is 1. The summed E-state index contributed by atoms with van der Waals surface area (Å²) in [5.41, 5.74) is 1.39. The molecule has 0 spiro atoms. The molecule has 1 heterocycles. The molecule has 1 aliphatic carbocycles. The number of rotatable bonds is 4. The Bertz CT molecular complexity index is 512. The Kier molecular flexibility index (Phi) is 5.40. The summed E-state index contributed by atoms with van der Waals surface area (Å²) in [5, 5.41) is 0. The molecule has 122 valence electrons. The molecule has 0 aromatic rings. The molecule has 1 fully saturated rings. The highest BCUT2D eigenvalue weighted by molar-refractivity contribution is 7.90. The molecule has 22 heavy (non-hydrogen) atoms. The van der Waals surface area contributed by atoms with Crippen molar-refractivity contribution in [3.63, 3.8) is 0 Å². The third-order valence-corrected chi connectivity index (χ3v) is 5.53. The van der Waals surface area contributed by atoms with Crippen molar-refractivity contribution >= 4 is 17.3 Å². The first-order chi connectivity index (χ1) is 10.4. The van der Waals surface area contributed by atoms with Gasteiger partial charge in [-0.15, -0.1) is 0 Å². The average molecular weight is 323 g/mol. The van der Waals surface area contributed by atoms with Crippen LogP contribution in [0.5, 0.6) is 0 Å². The van der Waals surface area contributed by atoms with Crippen LogP contribution in [0.2, 0.25) is 0 Å². The Labute approximate surface area is 136 Å². The summed E-state index contributed by atoms with van der Waals surface area (Å²) < 4.78 is 19.2. The van der Waals surface area contributed by atoms with Crippen molar-refractivity contribution < 1.29 is 14.1 Å². The maximum atomic E-state index is 12.9. The highest BCUT2D eigenvalue weighted by Crippen LogP contribution is 2.39. The zero-order valence-electron chi connectivity index (χ0n) is 13.8. The van der Waals surface area contributed by atoms with Gasteiger partial charge in [0, 0.05) is 0 Å². The van der Waals surface area contributed by atoms with Crippen LogP contribution < -0.4 is 0 Å². The predicted octanol–water partition coefficient (Wildman–Crippen LogP) is 3.45. The third-order valence-electron chi connectivity index (χ3n) is 3.82. The van der Waals surface area contributed by atoms with Crippen LogP contribution in [0.1, 0.15) is 47.0 Å². The molecule has 0 unspecified atom stereocenters. The van der Waals surface area contributed by atoms with Crippen LogP contribution in [-0.2, 0) is 20.9 Å². The van der Waals surface area contributed by atoms with Crippen molar-refractivity contribution in [3.05, 3.63) is 35.7 Å². The van der Waals surface area contributed by atoms with Crippen molar-refractivity contribution in [2.75, 3.05) is 6.61 Å². The Morgan fingerprint density at radius 1 is 1.41 bits per heavy atom. The van der Waals surface area contributed by atoms with Crippen molar-refractivity contribution in [2.24, 2.45) is 5.92 Å². The van der Waals surface area contributed by atoms with E-state index in [2.05, 4.69) is 0 Å². The SMILES string of the molecule is CCOC(=O)C1=C(C2CCC2)C=CC=CN1[S@+]([O-])C(C)(C)C. The second-order valence-electron chi connectivity index (χ2n) is 6.54. The van der Waals surface area contributed by atoms with Gasteiger partial charge in [-0.2, -0.15) is 4.31 Å². The predicted molar refractivity (Wildman–Crippen MR) is 89.0 cm³/mol. The molecular weight excluding hydrogens is 298 g/mol. The van der Waals surface area contributed by atoms with E-state index in [1.165, 1.54) is 6.42 Å². The lowest BCUT2D eigenvalue weighted by molar-refractivity contribution is -0.139. The molecule has 2 aliphatic rings. The fraction of sp³-hybridized carbons (Fsp3) is 0.588. The van der Waals surface area contributed by atoms with Gasteiger partial charge in [0.2, 0.25) is 0 Å². The summed E-state index contributed by atoms with van der Waals surface area (Å²) in [6.07, 6.45) is 10.7. The molecule has 5 heteroatoms. The lowest BCUT2D eigenvalue weighted by atomic mass is 9.78. The number of esters is 1. The molecule has 0 bridgehead atoms. The molecular formula is C17H25NO3S. The summed E-state index contributed by atoms with van der Waals surface area (Å²) in [4.78, 5) is 12.5. The molecule has 1 aliphatic heterocycles. The first-order valence-corrected chi connectivity index (χ1v) is 8.94. The van der Waals surface area contributed by atoms with Gasteiger partial charge in [-0.25, -0.2) is 4.79 Å². The summed E-state index contributed by atoms with van der Waals surface area (Å²) >= 11 is -1.36. The lowest BCUT2D eigenvalue weighted by Gasteiger charge is -2.34. The second-order valence-corrected chi connectivity index (χ2v) is 8.66. The minimum Gasteiger partial charge on any atom is -0.592 e. The molecule has 2 rings (SSSR count). The molecule has 0 aromatic heterocycles. The summed E-state index contributed by atoms with van der Waals surface area (Å²) in [6.45, 7) is 7.81. The Morgan fingerprint density at radius 3 is 2.59 bits per heavy atom. The van der Waals surface area contributed by atoms with E-state index in [0.29, 0.717) is 18.2 Å². The second kappa shape index (κ2) is 6.92. The zero-order valence-corrected chi connectivity index (χ0v) is 14.6. The van der Waals surface area contributed by atoms with E-state index in [1.807, 2.05) is 39.0 Å². The first kappa shape index (κ1) is 17.2. The van der Waals surface area contributed by atoms with Crippen LogP contribution in [-0.4, -0.2) is 26.2 Å². The normalized spacial score (nSPS) is 20.7. The maximum Gasteiger partial charge on any atom is 0.359 e. The van der Waals surface area contributed by atoms with Crippen LogP contribution in [0.3, 0.4) is 0 Å². The highest BCUT2D eigenvalue weighted by Gasteiger charge is 2.39. The molecule has 4 nitrogen and oxygen atoms in total. The molecule has 0 aromatic carbocycles. The third kappa shape index (κ3) is 3.58. The number of carbonyl (C=O) groups excluding carboxylic acids is 1. The molecule has 1 atom stereocenters. The minimum atomic E-state index is -1.36. The van der Waals surface area contributed by atoms with Crippen LogP contribution in [0.4, 0.5) is 0 Å². The number of carbonyl (C=O) groups is 1. The van der Waals surface area contributed by atoms with E-state index >= 15 is 0 Å². The summed E-state index contributed by atoms with van der Waals surface area (Å²) in [6, 6.07) is 0. The van der Waals surface area contributed by atoms with E-state index in [-0.39, 0.29) is 0 Å². The van der Waals surface area contributed by atoms with Gasteiger partial charge in [0.15, 0.2) is 5.70 Å². The van der Waals surface area contributed by atoms with Gasteiger partial charge in [0.1, 0.15) is 4.75 Å². The van der Waals surface area contributed by atoms with Gasteiger partial charge in [0.05, 0.1) is 24.2 Å². The Morgan fingerprint density at radius 2 is 2.09 bits per heavy atom. The number of hydrogen-bond donors (Lipinski definition) is 0. The van der Waals surface area contributed by atoms with Crippen molar-refractivity contribution in [1.82, 2.24) is 4.31 Å². The van der Waals surface area contributed by atoms with Gasteiger partial charge in [-0.05, 0) is 58.1 Å². The standard InChI is InChI=1S/C17H25NO3S/c1-5-21-16(19)15-14(13-9-8-10-13)11-6-7-12-18(15)22(20)17(2,3)4/h6-7,11-13H,5,8-10H2,1-4H3/t22-/m1/s1. The molecule has 0 N–H and O–H groups in total. The van der Waals surface area contributed by atoms with Crippen molar-refractivity contribution in [2.45, 2.75) is 51.7 Å². The average Bonchev–Trinajstić information content (AvgIpc) is 2.58. The Hall–Kier alpha value is -1.20. The Balaban J connectivity index is 2.46. The van der Waals surface area contributed by atoms with Crippen LogP contribution >= 0.6 is 0 Å². The van der Waals surface area contributed by atoms with E-state index in [9.17, 15) is 9.35 Å². The number of ether oxygens (including phenoxy) is 1. The quantitative estimate of drug-likeness (QED) is 0.587. The smallest absolute Gasteiger partial charge is 0.359 e. The highest BCUT2D eigenvalue weighted by atomic mass is 32.2. The van der Waals surface area contributed by atoms with E-state index < -0.39 is 22.1 Å². The van der Waals surface area contributed by atoms with Crippen LogP contribution in [0, 0.1) is 5.92 Å². The maximum absolute atomic E-state index is 12.9. The van der Waals surface area contributed by atoms with E-state index in [1.54, 1.807) is 17.4 Å². The monoisotopic (exact) mass is 323 g/mol. The topological polar surface area (TPSA) is 52.6 Å². The van der Waals surface area contributed by atoms with Crippen LogP contribution in [0.15, 0.2) is 35.7 Å². The fourth-order valence-electron chi connectivity index (χ4n) is 2.46. The van der Waals surface area contributed by atoms with Gasteiger partial charge in [-0.1, -0.05) is 18.6 Å². The van der Waals surface area contributed by atoms with Crippen LogP contribution in [0.25, 0.3) is 0 Å². The summed E-state index contributed by atoms with van der Waals surface area (Å²) in [5.74, 6) is -0.0341. The number of allylic oxidation sites excluding steroid dienone is 4. The molecule has 0 radical (unpaired) electrons. The van der Waals surface area contributed by atoms with Gasteiger partial charge >= 0.3 is 5.97 Å². The first-order valence-electron chi connectivity index (χ1n) is 7.83. The largest absolute Gasteiger partial charge is 0.592 e. The van der Waals surface area contributed by atoms with E-state index in [4.69, 9.17) is 4.74 Å². The number of hydrogen-bond acceptors (Lipinski definition) is 4. The van der Waals surface area contributed by atoms with Crippen molar-refractivity contribution in [3.8, 4) is 0 Å². The van der Waals surface area contributed by atoms with Gasteiger partial charge in [0.25, 0.3) is 0 Å². The van der Waals surface area contributed by atoms with Gasteiger partial charge in [-0.3, -0.25) is 0 Å². The van der Waals surface area contributed by atoms with Gasteiger partial charge < -0.3 is 9.29 Å². The lowest BCUT2D eigenvalue weighted by Crippen LogP contribution is -2.42. The van der Waals surface area contributed by atoms with E-state index in [0.717, 1.165) is 18.4 Å². The van der Waals surface area contributed by atoms with Crippen molar-refractivity contribution in [1.29, 1.82) is 0 Å². The minimum absolute atomic E-state index is 0.309. The zero-order chi connectivity index (χ0) is 16.3.